The lowest BCUT2D eigenvalue weighted by atomic mass is 9.97. The number of nitrogens with zero attached hydrogens (tertiary/aromatic N) is 1. The molecule has 1 atom stereocenters. The fraction of sp³-hybridized carbons (Fsp3) is 0.500. The minimum atomic E-state index is 0.581. The van der Waals surface area contributed by atoms with Crippen molar-refractivity contribution >= 4 is 5.69 Å². The minimum Gasteiger partial charge on any atom is -0.493 e. The smallest absolute Gasteiger partial charge is 0.165 e. The van der Waals surface area contributed by atoms with Gasteiger partial charge in [-0.05, 0) is 31.4 Å². The number of methoxy groups -OCH3 is 2. The lowest BCUT2D eigenvalue weighted by Crippen LogP contribution is -2.34. The van der Waals surface area contributed by atoms with E-state index in [1.165, 1.54) is 12.8 Å². The molecule has 4 nitrogen and oxygen atoms in total. The maximum absolute atomic E-state index is 5.95. The number of hydrogen-bond acceptors (Lipinski definition) is 4. The molecule has 1 aliphatic heterocycles. The second kappa shape index (κ2) is 6.66. The molecule has 1 unspecified atom stereocenters. The highest BCUT2D eigenvalue weighted by Crippen LogP contribution is 2.35. The highest BCUT2D eigenvalue weighted by molar-refractivity contribution is 5.57. The van der Waals surface area contributed by atoms with Gasteiger partial charge in [-0.2, -0.15) is 0 Å². The molecule has 1 fully saturated rings. The molecule has 2 rings (SSSR count). The summed E-state index contributed by atoms with van der Waals surface area (Å²) in [5.41, 5.74) is 7.73. The average Bonchev–Trinajstić information content (AvgIpc) is 2.46. The second-order valence-corrected chi connectivity index (χ2v) is 5.29. The van der Waals surface area contributed by atoms with Crippen LogP contribution in [-0.2, 0) is 6.54 Å². The summed E-state index contributed by atoms with van der Waals surface area (Å²) in [6.07, 6.45) is 4.50. The number of rotatable bonds is 5. The summed E-state index contributed by atoms with van der Waals surface area (Å²) in [6, 6.07) is 3.77. The van der Waals surface area contributed by atoms with Gasteiger partial charge in [0.05, 0.1) is 14.2 Å². The molecule has 1 aromatic rings. The van der Waals surface area contributed by atoms with Gasteiger partial charge in [0.15, 0.2) is 11.5 Å². The van der Waals surface area contributed by atoms with Crippen molar-refractivity contribution < 1.29 is 9.47 Å². The van der Waals surface area contributed by atoms with E-state index >= 15 is 0 Å². The highest BCUT2D eigenvalue weighted by Gasteiger charge is 2.20. The standard InChI is InChI=1S/C16H24N2O2/c1-4-12-6-5-7-18(10-12)11-13-8-14(17)9-15(19-2)16(13)20-3/h4,8-9,12H,1,5-7,10-11,17H2,2-3H3. The maximum atomic E-state index is 5.95. The summed E-state index contributed by atoms with van der Waals surface area (Å²) in [5.74, 6) is 2.06. The zero-order chi connectivity index (χ0) is 14.5. The Labute approximate surface area is 121 Å². The third-order valence-corrected chi connectivity index (χ3v) is 3.85. The quantitative estimate of drug-likeness (QED) is 0.663. The molecular weight excluding hydrogens is 252 g/mol. The molecule has 110 valence electrons. The van der Waals surface area contributed by atoms with Crippen molar-refractivity contribution in [3.63, 3.8) is 0 Å². The lowest BCUT2D eigenvalue weighted by Gasteiger charge is -2.31. The van der Waals surface area contributed by atoms with Crippen LogP contribution in [0, 0.1) is 5.92 Å². The summed E-state index contributed by atoms with van der Waals surface area (Å²) < 4.78 is 10.8. The summed E-state index contributed by atoms with van der Waals surface area (Å²) in [7, 11) is 3.30. The Morgan fingerprint density at radius 2 is 2.20 bits per heavy atom. The third-order valence-electron chi connectivity index (χ3n) is 3.85. The van der Waals surface area contributed by atoms with Gasteiger partial charge in [-0.3, -0.25) is 4.90 Å². The predicted octanol–water partition coefficient (Wildman–Crippen LogP) is 2.68. The highest BCUT2D eigenvalue weighted by atomic mass is 16.5. The van der Waals surface area contributed by atoms with E-state index < -0.39 is 0 Å². The summed E-state index contributed by atoms with van der Waals surface area (Å²) in [4.78, 5) is 2.42. The van der Waals surface area contributed by atoms with Crippen molar-refractivity contribution in [2.75, 3.05) is 33.0 Å². The van der Waals surface area contributed by atoms with Gasteiger partial charge in [-0.15, -0.1) is 6.58 Å². The molecular formula is C16H24N2O2. The van der Waals surface area contributed by atoms with Crippen LogP contribution in [0.25, 0.3) is 0 Å². The third kappa shape index (κ3) is 3.25. The Hall–Kier alpha value is -1.68. The zero-order valence-corrected chi connectivity index (χ0v) is 12.4. The van der Waals surface area contributed by atoms with Gasteiger partial charge in [0.25, 0.3) is 0 Å². The van der Waals surface area contributed by atoms with E-state index in [2.05, 4.69) is 17.6 Å². The van der Waals surface area contributed by atoms with Crippen LogP contribution >= 0.6 is 0 Å². The van der Waals surface area contributed by atoms with Crippen LogP contribution in [0.2, 0.25) is 0 Å². The zero-order valence-electron chi connectivity index (χ0n) is 12.4. The van der Waals surface area contributed by atoms with E-state index in [0.717, 1.165) is 30.9 Å². The molecule has 20 heavy (non-hydrogen) atoms. The first-order chi connectivity index (χ1) is 9.67. The van der Waals surface area contributed by atoms with Crippen LogP contribution in [0.5, 0.6) is 11.5 Å². The van der Waals surface area contributed by atoms with E-state index in [1.807, 2.05) is 6.07 Å². The molecule has 1 saturated heterocycles. The molecule has 1 aromatic carbocycles. The van der Waals surface area contributed by atoms with Crippen LogP contribution < -0.4 is 15.2 Å². The monoisotopic (exact) mass is 276 g/mol. The van der Waals surface area contributed by atoms with Gasteiger partial charge in [0.2, 0.25) is 0 Å². The average molecular weight is 276 g/mol. The van der Waals surface area contributed by atoms with Crippen molar-refractivity contribution in [2.45, 2.75) is 19.4 Å². The molecule has 0 aliphatic carbocycles. The number of nitrogens with two attached hydrogens (primary N) is 1. The molecule has 0 amide bonds. The first-order valence-corrected chi connectivity index (χ1v) is 7.03. The Balaban J connectivity index is 2.19. The van der Waals surface area contributed by atoms with Gasteiger partial charge >= 0.3 is 0 Å². The number of hydrogen-bond donors (Lipinski definition) is 1. The van der Waals surface area contributed by atoms with Crippen LogP contribution in [0.1, 0.15) is 18.4 Å². The van der Waals surface area contributed by atoms with Crippen LogP contribution in [-0.4, -0.2) is 32.2 Å². The Kier molecular flexibility index (Phi) is 4.90. The van der Waals surface area contributed by atoms with Gasteiger partial charge in [-0.25, -0.2) is 0 Å². The number of likely N-dealkylation sites (tertiary alicyclic amines) is 1. The number of anilines is 1. The Morgan fingerprint density at radius 3 is 2.85 bits per heavy atom. The maximum Gasteiger partial charge on any atom is 0.165 e. The fourth-order valence-corrected chi connectivity index (χ4v) is 2.85. The Bertz CT molecular complexity index is 474. The largest absolute Gasteiger partial charge is 0.493 e. The molecule has 0 aromatic heterocycles. The van der Waals surface area contributed by atoms with E-state index in [-0.39, 0.29) is 0 Å². The van der Waals surface area contributed by atoms with Crippen molar-refractivity contribution in [1.29, 1.82) is 0 Å². The topological polar surface area (TPSA) is 47.7 Å². The van der Waals surface area contributed by atoms with Crippen molar-refractivity contribution in [3.8, 4) is 11.5 Å². The van der Waals surface area contributed by atoms with Crippen molar-refractivity contribution in [2.24, 2.45) is 5.92 Å². The molecule has 4 heteroatoms. The SMILES string of the molecule is C=CC1CCCN(Cc2cc(N)cc(OC)c2OC)C1. The van der Waals surface area contributed by atoms with Crippen molar-refractivity contribution in [1.82, 2.24) is 4.90 Å². The molecule has 0 radical (unpaired) electrons. The van der Waals surface area contributed by atoms with E-state index in [4.69, 9.17) is 15.2 Å². The first kappa shape index (κ1) is 14.7. The van der Waals surface area contributed by atoms with Gasteiger partial charge in [0, 0.05) is 30.4 Å². The van der Waals surface area contributed by atoms with E-state index in [9.17, 15) is 0 Å². The van der Waals surface area contributed by atoms with Crippen LogP contribution in [0.15, 0.2) is 24.8 Å². The molecule has 0 saturated carbocycles. The molecule has 0 bridgehead atoms. The number of nitrogen functional groups attached to an aromatic ring is 1. The molecule has 2 N–H and O–H groups in total. The molecule has 1 heterocycles. The first-order valence-electron chi connectivity index (χ1n) is 7.03. The lowest BCUT2D eigenvalue weighted by molar-refractivity contribution is 0.187. The Morgan fingerprint density at radius 1 is 1.40 bits per heavy atom. The normalized spacial score (nSPS) is 19.6. The van der Waals surface area contributed by atoms with E-state index in [1.54, 1.807) is 20.3 Å². The van der Waals surface area contributed by atoms with Gasteiger partial charge in [-0.1, -0.05) is 6.08 Å². The number of benzene rings is 1. The molecule has 0 spiro atoms. The fourth-order valence-electron chi connectivity index (χ4n) is 2.85. The molecule has 1 aliphatic rings. The van der Waals surface area contributed by atoms with Crippen LogP contribution in [0.3, 0.4) is 0 Å². The number of piperidine rings is 1. The van der Waals surface area contributed by atoms with Crippen molar-refractivity contribution in [3.05, 3.63) is 30.4 Å². The number of ether oxygens (including phenoxy) is 2. The van der Waals surface area contributed by atoms with Gasteiger partial charge < -0.3 is 15.2 Å². The summed E-state index contributed by atoms with van der Waals surface area (Å²) in [5, 5.41) is 0. The van der Waals surface area contributed by atoms with E-state index in [0.29, 0.717) is 17.4 Å². The van der Waals surface area contributed by atoms with Gasteiger partial charge in [0.1, 0.15) is 0 Å². The predicted molar refractivity (Wildman–Crippen MR) is 82.2 cm³/mol. The summed E-state index contributed by atoms with van der Waals surface area (Å²) in [6.45, 7) is 6.89. The second-order valence-electron chi connectivity index (χ2n) is 5.29. The summed E-state index contributed by atoms with van der Waals surface area (Å²) >= 11 is 0. The van der Waals surface area contributed by atoms with Crippen LogP contribution in [0.4, 0.5) is 5.69 Å². The minimum absolute atomic E-state index is 0.581.